The van der Waals surface area contributed by atoms with Crippen molar-refractivity contribution in [3.05, 3.63) is 72.9 Å². The molecule has 0 aromatic carbocycles. The van der Waals surface area contributed by atoms with Crippen molar-refractivity contribution < 1.29 is 28.6 Å². The maximum atomic E-state index is 12.8. The van der Waals surface area contributed by atoms with Crippen molar-refractivity contribution >= 4 is 17.9 Å². The number of rotatable bonds is 49. The molecule has 0 fully saturated rings. The second-order valence-corrected chi connectivity index (χ2v) is 18.1. The van der Waals surface area contributed by atoms with Crippen LogP contribution in [-0.4, -0.2) is 37.2 Å². The highest BCUT2D eigenvalue weighted by atomic mass is 16.6. The highest BCUT2D eigenvalue weighted by Crippen LogP contribution is 2.14. The van der Waals surface area contributed by atoms with Gasteiger partial charge in [0.2, 0.25) is 0 Å². The van der Waals surface area contributed by atoms with Crippen LogP contribution < -0.4 is 0 Å². The summed E-state index contributed by atoms with van der Waals surface area (Å²) < 4.78 is 16.8. The van der Waals surface area contributed by atoms with Gasteiger partial charge < -0.3 is 14.2 Å². The molecule has 0 rings (SSSR count). The zero-order valence-electron chi connectivity index (χ0n) is 42.7. The van der Waals surface area contributed by atoms with Gasteiger partial charge in [0.15, 0.2) is 6.10 Å². The summed E-state index contributed by atoms with van der Waals surface area (Å²) in [6.07, 6.45) is 67.4. The lowest BCUT2D eigenvalue weighted by Crippen LogP contribution is -2.30. The van der Waals surface area contributed by atoms with E-state index in [-0.39, 0.29) is 37.5 Å². The van der Waals surface area contributed by atoms with Gasteiger partial charge in [0.25, 0.3) is 0 Å². The number of carbonyl (C=O) groups excluding carboxylic acids is 3. The van der Waals surface area contributed by atoms with Gasteiger partial charge in [-0.3, -0.25) is 14.4 Å². The SMILES string of the molecule is CCCCCC=CCC=CCC=CCC=CCCCC(=O)OC[C@@H](COC(=O)CCCCCCCC=CCCCCCC)OC(=O)CCCCCCCCCC=CCCCCCCCC. The minimum atomic E-state index is -0.802. The molecule has 0 unspecified atom stereocenters. The van der Waals surface area contributed by atoms with Crippen LogP contribution >= 0.6 is 0 Å². The van der Waals surface area contributed by atoms with Crippen LogP contribution in [0.3, 0.4) is 0 Å². The van der Waals surface area contributed by atoms with E-state index in [4.69, 9.17) is 14.2 Å². The normalized spacial score (nSPS) is 12.6. The molecule has 374 valence electrons. The predicted molar refractivity (Wildman–Crippen MR) is 279 cm³/mol. The summed E-state index contributed by atoms with van der Waals surface area (Å²) in [4.78, 5) is 38.0. The molecule has 0 aliphatic rings. The molecule has 0 N–H and O–H groups in total. The molecule has 0 aliphatic heterocycles. The molecule has 0 saturated carbocycles. The molecule has 6 heteroatoms. The average molecular weight is 907 g/mol. The zero-order chi connectivity index (χ0) is 47.2. The van der Waals surface area contributed by atoms with Crippen LogP contribution in [0.2, 0.25) is 0 Å². The third kappa shape index (κ3) is 51.7. The lowest BCUT2D eigenvalue weighted by Gasteiger charge is -2.18. The molecule has 0 spiro atoms. The molecule has 0 heterocycles. The third-order valence-corrected chi connectivity index (χ3v) is 11.7. The van der Waals surface area contributed by atoms with Gasteiger partial charge in [0.1, 0.15) is 13.2 Å². The van der Waals surface area contributed by atoms with Crippen LogP contribution in [0, 0.1) is 0 Å². The number of hydrogen-bond acceptors (Lipinski definition) is 6. The number of unbranched alkanes of at least 4 members (excludes halogenated alkanes) is 26. The lowest BCUT2D eigenvalue weighted by atomic mass is 10.1. The number of esters is 3. The Morgan fingerprint density at radius 2 is 0.569 bits per heavy atom. The predicted octanol–water partition coefficient (Wildman–Crippen LogP) is 18.2. The molecular formula is C59H102O6. The topological polar surface area (TPSA) is 78.9 Å². The van der Waals surface area contributed by atoms with Crippen LogP contribution in [0.4, 0.5) is 0 Å². The van der Waals surface area contributed by atoms with Gasteiger partial charge >= 0.3 is 17.9 Å². The van der Waals surface area contributed by atoms with Crippen molar-refractivity contribution in [1.29, 1.82) is 0 Å². The van der Waals surface area contributed by atoms with Crippen molar-refractivity contribution in [2.24, 2.45) is 0 Å². The van der Waals surface area contributed by atoms with Gasteiger partial charge in [0, 0.05) is 19.3 Å². The van der Waals surface area contributed by atoms with Gasteiger partial charge in [-0.15, -0.1) is 0 Å². The molecule has 65 heavy (non-hydrogen) atoms. The zero-order valence-corrected chi connectivity index (χ0v) is 42.7. The molecular weight excluding hydrogens is 805 g/mol. The van der Waals surface area contributed by atoms with E-state index in [1.807, 2.05) is 0 Å². The Kier molecular flexibility index (Phi) is 50.9. The largest absolute Gasteiger partial charge is 0.462 e. The Balaban J connectivity index is 4.47. The summed E-state index contributed by atoms with van der Waals surface area (Å²) in [5.74, 6) is -0.965. The molecule has 1 atom stereocenters. The van der Waals surface area contributed by atoms with E-state index in [0.717, 1.165) is 70.6 Å². The standard InChI is InChI=1S/C59H102O6/c1-4-7-10-13-16-19-22-25-27-29-31-34-37-40-43-46-49-52-58(61)64-55-56(54-63-57(60)51-48-45-42-39-36-33-24-21-18-15-12-9-6-3)65-59(62)53-50-47-44-41-38-35-32-30-28-26-23-20-17-14-11-8-5-2/h16,19,21,24-28,31,34,40,43,56H,4-15,17-18,20,22-23,29-30,32-33,35-39,41-42,44-55H2,1-3H3/t56-/m1/s1. The summed E-state index contributed by atoms with van der Waals surface area (Å²) in [5.41, 5.74) is 0. The fraction of sp³-hybridized carbons (Fsp3) is 0.746. The van der Waals surface area contributed by atoms with Gasteiger partial charge in [-0.1, -0.05) is 209 Å². The first-order chi connectivity index (χ1) is 32.0. The van der Waals surface area contributed by atoms with Crippen LogP contribution in [0.5, 0.6) is 0 Å². The van der Waals surface area contributed by atoms with Crippen LogP contribution in [0.25, 0.3) is 0 Å². The summed E-state index contributed by atoms with van der Waals surface area (Å²) in [7, 11) is 0. The number of ether oxygens (including phenoxy) is 3. The minimum Gasteiger partial charge on any atom is -0.462 e. The molecule has 0 amide bonds. The maximum Gasteiger partial charge on any atom is 0.306 e. The molecule has 0 aliphatic carbocycles. The molecule has 0 saturated heterocycles. The average Bonchev–Trinajstić information content (AvgIpc) is 3.30. The van der Waals surface area contributed by atoms with Crippen LogP contribution in [0.1, 0.15) is 265 Å². The fourth-order valence-electron chi connectivity index (χ4n) is 7.48. The first-order valence-corrected chi connectivity index (χ1v) is 27.4. The van der Waals surface area contributed by atoms with Crippen LogP contribution in [-0.2, 0) is 28.6 Å². The van der Waals surface area contributed by atoms with Crippen molar-refractivity contribution in [1.82, 2.24) is 0 Å². The van der Waals surface area contributed by atoms with Crippen molar-refractivity contribution in [2.75, 3.05) is 13.2 Å². The Bertz CT molecular complexity index is 1230. The first-order valence-electron chi connectivity index (χ1n) is 27.4. The molecule has 0 aromatic rings. The Hall–Kier alpha value is -3.15. The number of hydrogen-bond donors (Lipinski definition) is 0. The Morgan fingerprint density at radius 1 is 0.308 bits per heavy atom. The summed E-state index contributed by atoms with van der Waals surface area (Å²) in [6, 6.07) is 0. The Morgan fingerprint density at radius 3 is 0.985 bits per heavy atom. The van der Waals surface area contributed by atoms with Crippen molar-refractivity contribution in [2.45, 2.75) is 271 Å². The van der Waals surface area contributed by atoms with E-state index in [2.05, 4.69) is 93.7 Å². The monoisotopic (exact) mass is 907 g/mol. The van der Waals surface area contributed by atoms with E-state index in [9.17, 15) is 14.4 Å². The second kappa shape index (κ2) is 53.5. The number of allylic oxidation sites excluding steroid dienone is 12. The Labute approximate surface area is 402 Å². The van der Waals surface area contributed by atoms with Gasteiger partial charge in [-0.05, 0) is 109 Å². The summed E-state index contributed by atoms with van der Waals surface area (Å²) in [6.45, 7) is 6.54. The summed E-state index contributed by atoms with van der Waals surface area (Å²) in [5, 5.41) is 0. The fourth-order valence-corrected chi connectivity index (χ4v) is 7.48. The summed E-state index contributed by atoms with van der Waals surface area (Å²) >= 11 is 0. The third-order valence-electron chi connectivity index (χ3n) is 11.7. The first kappa shape index (κ1) is 61.9. The number of carbonyl (C=O) groups is 3. The smallest absolute Gasteiger partial charge is 0.306 e. The van der Waals surface area contributed by atoms with E-state index in [1.165, 1.54) is 148 Å². The lowest BCUT2D eigenvalue weighted by molar-refractivity contribution is -0.167. The maximum absolute atomic E-state index is 12.8. The van der Waals surface area contributed by atoms with Crippen molar-refractivity contribution in [3.63, 3.8) is 0 Å². The molecule has 0 bridgehead atoms. The molecule has 0 aromatic heterocycles. The van der Waals surface area contributed by atoms with E-state index in [0.29, 0.717) is 19.3 Å². The molecule has 0 radical (unpaired) electrons. The van der Waals surface area contributed by atoms with Gasteiger partial charge in [0.05, 0.1) is 0 Å². The highest BCUT2D eigenvalue weighted by molar-refractivity contribution is 5.71. The van der Waals surface area contributed by atoms with Gasteiger partial charge in [-0.2, -0.15) is 0 Å². The molecule has 6 nitrogen and oxygen atoms in total. The second-order valence-electron chi connectivity index (χ2n) is 18.1. The quantitative estimate of drug-likeness (QED) is 0.0262. The van der Waals surface area contributed by atoms with E-state index >= 15 is 0 Å². The van der Waals surface area contributed by atoms with Crippen molar-refractivity contribution in [3.8, 4) is 0 Å². The highest BCUT2D eigenvalue weighted by Gasteiger charge is 2.19. The van der Waals surface area contributed by atoms with E-state index in [1.54, 1.807) is 0 Å². The minimum absolute atomic E-state index is 0.0981. The van der Waals surface area contributed by atoms with Crippen LogP contribution in [0.15, 0.2) is 72.9 Å². The van der Waals surface area contributed by atoms with Gasteiger partial charge in [-0.25, -0.2) is 0 Å². The van der Waals surface area contributed by atoms with E-state index < -0.39 is 6.10 Å².